The molecule has 1 rings (SSSR count). The first-order chi connectivity index (χ1) is 8.16. The largest absolute Gasteiger partial charge is 0.391 e. The maximum Gasteiger partial charge on any atom is 0.390 e. The molecule has 0 aromatic carbocycles. The second-order valence-electron chi connectivity index (χ2n) is 3.57. The van der Waals surface area contributed by atoms with Crippen molar-refractivity contribution >= 4 is 21.4 Å². The number of thiophene rings is 1. The molecule has 0 saturated carbocycles. The average Bonchev–Trinajstić information content (AvgIpc) is 2.73. The molecule has 0 bridgehead atoms. The molecule has 9 heteroatoms. The second kappa shape index (κ2) is 5.55. The Morgan fingerprint density at radius 3 is 2.44 bits per heavy atom. The van der Waals surface area contributed by atoms with Crippen molar-refractivity contribution in [2.45, 2.75) is 23.4 Å². The minimum absolute atomic E-state index is 0.0729. The molecule has 1 aromatic heterocycles. The molecule has 0 aliphatic heterocycles. The lowest BCUT2D eigenvalue weighted by atomic mass is 10.4. The van der Waals surface area contributed by atoms with Gasteiger partial charge in [0.2, 0.25) is 0 Å². The third kappa shape index (κ3) is 3.94. The van der Waals surface area contributed by atoms with Crippen LogP contribution in [0.15, 0.2) is 16.3 Å². The molecule has 1 N–H and O–H groups in total. The van der Waals surface area contributed by atoms with E-state index in [0.29, 0.717) is 9.18 Å². The lowest BCUT2D eigenvalue weighted by molar-refractivity contribution is -0.135. The Balaban J connectivity index is 2.80. The van der Waals surface area contributed by atoms with Crippen molar-refractivity contribution in [2.75, 3.05) is 13.6 Å². The van der Waals surface area contributed by atoms with Crippen molar-refractivity contribution in [3.05, 3.63) is 17.0 Å². The molecule has 0 fully saturated rings. The third-order valence-electron chi connectivity index (χ3n) is 2.17. The van der Waals surface area contributed by atoms with E-state index in [1.165, 1.54) is 12.1 Å². The van der Waals surface area contributed by atoms with Crippen LogP contribution in [0, 0.1) is 0 Å². The topological polar surface area (TPSA) is 57.6 Å². The Labute approximate surface area is 107 Å². The van der Waals surface area contributed by atoms with E-state index >= 15 is 0 Å². The Morgan fingerprint density at radius 1 is 1.39 bits per heavy atom. The van der Waals surface area contributed by atoms with E-state index in [1.54, 1.807) is 0 Å². The number of aliphatic hydroxyl groups is 1. The van der Waals surface area contributed by atoms with Gasteiger partial charge in [0, 0.05) is 18.5 Å². The van der Waals surface area contributed by atoms with Crippen LogP contribution in [0.2, 0.25) is 0 Å². The average molecular weight is 303 g/mol. The predicted octanol–water partition coefficient (Wildman–Crippen LogP) is 1.81. The van der Waals surface area contributed by atoms with Gasteiger partial charge in [0.15, 0.2) is 0 Å². The molecule has 0 saturated heterocycles. The smallest absolute Gasteiger partial charge is 0.390 e. The van der Waals surface area contributed by atoms with E-state index in [-0.39, 0.29) is 10.8 Å². The number of hydrogen-bond donors (Lipinski definition) is 1. The summed E-state index contributed by atoms with van der Waals surface area (Å²) in [6, 6.07) is 2.70. The molecule has 0 radical (unpaired) electrons. The molecule has 0 aliphatic rings. The molecule has 0 atom stereocenters. The van der Waals surface area contributed by atoms with Gasteiger partial charge in [-0.25, -0.2) is 8.42 Å². The second-order valence-corrected chi connectivity index (χ2v) is 7.01. The predicted molar refractivity (Wildman–Crippen MR) is 60.7 cm³/mol. The highest BCUT2D eigenvalue weighted by atomic mass is 32.2. The summed E-state index contributed by atoms with van der Waals surface area (Å²) in [7, 11) is -2.81. The van der Waals surface area contributed by atoms with Crippen LogP contribution in [0.1, 0.15) is 11.3 Å². The fourth-order valence-corrected chi connectivity index (χ4v) is 3.74. The normalized spacial score (nSPS) is 13.2. The summed E-state index contributed by atoms with van der Waals surface area (Å²) in [5, 5.41) is 8.82. The van der Waals surface area contributed by atoms with Crippen LogP contribution >= 0.6 is 11.3 Å². The zero-order valence-electron chi connectivity index (χ0n) is 9.44. The highest BCUT2D eigenvalue weighted by Crippen LogP contribution is 2.26. The minimum Gasteiger partial charge on any atom is -0.391 e. The van der Waals surface area contributed by atoms with Crippen LogP contribution in [-0.2, 0) is 16.6 Å². The van der Waals surface area contributed by atoms with Gasteiger partial charge in [-0.05, 0) is 12.1 Å². The SMILES string of the molecule is CN(CCC(F)(F)F)S(=O)(=O)c1ccc(CO)s1. The Hall–Kier alpha value is -0.640. The molecule has 0 aliphatic carbocycles. The number of alkyl halides is 3. The van der Waals surface area contributed by atoms with Gasteiger partial charge in [-0.15, -0.1) is 11.3 Å². The van der Waals surface area contributed by atoms with Crippen LogP contribution in [0.25, 0.3) is 0 Å². The van der Waals surface area contributed by atoms with E-state index in [4.69, 9.17) is 5.11 Å². The van der Waals surface area contributed by atoms with Gasteiger partial charge in [-0.3, -0.25) is 0 Å². The maximum absolute atomic E-state index is 12.0. The first-order valence-corrected chi connectivity index (χ1v) is 7.15. The number of hydrogen-bond acceptors (Lipinski definition) is 4. The molecule has 1 heterocycles. The van der Waals surface area contributed by atoms with Crippen molar-refractivity contribution < 1.29 is 26.7 Å². The van der Waals surface area contributed by atoms with Crippen molar-refractivity contribution in [1.29, 1.82) is 0 Å². The lowest BCUT2D eigenvalue weighted by Crippen LogP contribution is -2.30. The molecular weight excluding hydrogens is 291 g/mol. The molecule has 0 unspecified atom stereocenters. The van der Waals surface area contributed by atoms with Crippen LogP contribution in [0.4, 0.5) is 13.2 Å². The quantitative estimate of drug-likeness (QED) is 0.902. The summed E-state index contributed by atoms with van der Waals surface area (Å²) in [6.07, 6.45) is -5.59. The monoisotopic (exact) mass is 303 g/mol. The van der Waals surface area contributed by atoms with E-state index in [2.05, 4.69) is 0 Å². The first-order valence-electron chi connectivity index (χ1n) is 4.89. The standard InChI is InChI=1S/C9H12F3NO3S2/c1-13(5-4-9(10,11)12)18(15,16)8-3-2-7(6-14)17-8/h2-3,14H,4-6H2,1H3. The number of halogens is 3. The van der Waals surface area contributed by atoms with Gasteiger partial charge in [0.25, 0.3) is 10.0 Å². The summed E-state index contributed by atoms with van der Waals surface area (Å²) in [4.78, 5) is 0.442. The van der Waals surface area contributed by atoms with Gasteiger partial charge < -0.3 is 5.11 Å². The fourth-order valence-electron chi connectivity index (χ4n) is 1.14. The lowest BCUT2D eigenvalue weighted by Gasteiger charge is -2.16. The number of nitrogens with zero attached hydrogens (tertiary/aromatic N) is 1. The van der Waals surface area contributed by atoms with Gasteiger partial charge in [-0.2, -0.15) is 17.5 Å². The van der Waals surface area contributed by atoms with Crippen molar-refractivity contribution in [3.8, 4) is 0 Å². The zero-order chi connectivity index (χ0) is 14.0. The van der Waals surface area contributed by atoms with E-state index < -0.39 is 29.2 Å². The zero-order valence-corrected chi connectivity index (χ0v) is 11.1. The third-order valence-corrected chi connectivity index (χ3v) is 5.56. The fraction of sp³-hybridized carbons (Fsp3) is 0.556. The molecule has 0 spiro atoms. The van der Waals surface area contributed by atoms with Gasteiger partial charge in [0.05, 0.1) is 13.0 Å². The summed E-state index contributed by atoms with van der Waals surface area (Å²) in [5.74, 6) is 0. The molecule has 18 heavy (non-hydrogen) atoms. The number of rotatable bonds is 5. The first kappa shape index (κ1) is 15.4. The van der Waals surface area contributed by atoms with Crippen LogP contribution in [0.3, 0.4) is 0 Å². The Kier molecular flexibility index (Phi) is 4.76. The van der Waals surface area contributed by atoms with Crippen LogP contribution in [-0.4, -0.2) is 37.6 Å². The van der Waals surface area contributed by atoms with E-state index in [0.717, 1.165) is 18.4 Å². The van der Waals surface area contributed by atoms with Crippen LogP contribution < -0.4 is 0 Å². The highest BCUT2D eigenvalue weighted by Gasteiger charge is 2.30. The van der Waals surface area contributed by atoms with Gasteiger partial charge >= 0.3 is 6.18 Å². The van der Waals surface area contributed by atoms with Gasteiger partial charge in [-0.1, -0.05) is 0 Å². The van der Waals surface area contributed by atoms with E-state index in [9.17, 15) is 21.6 Å². The van der Waals surface area contributed by atoms with Gasteiger partial charge in [0.1, 0.15) is 4.21 Å². The summed E-state index contributed by atoms with van der Waals surface area (Å²) < 4.78 is 60.4. The highest BCUT2D eigenvalue weighted by molar-refractivity contribution is 7.91. The Bertz CT molecular complexity index is 495. The summed E-state index contributed by atoms with van der Waals surface area (Å²) in [6.45, 7) is -0.926. The number of sulfonamides is 1. The maximum atomic E-state index is 12.0. The van der Waals surface area contributed by atoms with E-state index in [1.807, 2.05) is 0 Å². The molecule has 1 aromatic rings. The molecule has 4 nitrogen and oxygen atoms in total. The van der Waals surface area contributed by atoms with Crippen molar-refractivity contribution in [3.63, 3.8) is 0 Å². The van der Waals surface area contributed by atoms with Crippen molar-refractivity contribution in [2.24, 2.45) is 0 Å². The van der Waals surface area contributed by atoms with Crippen molar-refractivity contribution in [1.82, 2.24) is 4.31 Å². The summed E-state index contributed by atoms with van der Waals surface area (Å²) in [5.41, 5.74) is 0. The van der Waals surface area contributed by atoms with Crippen LogP contribution in [0.5, 0.6) is 0 Å². The Morgan fingerprint density at radius 2 is 2.00 bits per heavy atom. The molecule has 104 valence electrons. The minimum atomic E-state index is -4.39. The molecule has 0 amide bonds. The molecular formula is C9H12F3NO3S2. The summed E-state index contributed by atoms with van der Waals surface area (Å²) >= 11 is 0.841. The number of aliphatic hydroxyl groups excluding tert-OH is 1.